The number of nitrogens with two attached hydrogens (primary N) is 1. The lowest BCUT2D eigenvalue weighted by Crippen LogP contribution is -1.94. The predicted octanol–water partition coefficient (Wildman–Crippen LogP) is 3.11. The zero-order valence-electron chi connectivity index (χ0n) is 9.42. The van der Waals surface area contributed by atoms with E-state index in [-0.39, 0.29) is 5.95 Å². The summed E-state index contributed by atoms with van der Waals surface area (Å²) in [7, 11) is 0. The van der Waals surface area contributed by atoms with Crippen molar-refractivity contribution >= 4 is 38.8 Å². The van der Waals surface area contributed by atoms with Crippen LogP contribution in [0.5, 0.6) is 0 Å². The van der Waals surface area contributed by atoms with E-state index in [2.05, 4.69) is 9.97 Å². The van der Waals surface area contributed by atoms with Crippen molar-refractivity contribution in [2.24, 2.45) is 0 Å². The van der Waals surface area contributed by atoms with E-state index >= 15 is 0 Å². The van der Waals surface area contributed by atoms with Gasteiger partial charge in [-0.25, -0.2) is 9.97 Å². The maximum Gasteiger partial charge on any atom is 0.220 e. The highest BCUT2D eigenvalue weighted by Gasteiger charge is 2.11. The third-order valence-corrected chi connectivity index (χ3v) is 3.11. The zero-order valence-corrected chi connectivity index (χ0v) is 9.42. The Morgan fingerprint density at radius 2 is 1.89 bits per heavy atom. The minimum absolute atomic E-state index is 0.278. The molecule has 2 aromatic heterocycles. The van der Waals surface area contributed by atoms with Crippen LogP contribution in [0.15, 0.2) is 47.0 Å². The number of benzene rings is 2. The van der Waals surface area contributed by atoms with E-state index in [4.69, 9.17) is 10.2 Å². The molecule has 4 rings (SSSR count). The minimum Gasteiger partial charge on any atom is -0.456 e. The van der Waals surface area contributed by atoms with E-state index < -0.39 is 0 Å². The van der Waals surface area contributed by atoms with Crippen LogP contribution in [0.1, 0.15) is 0 Å². The van der Waals surface area contributed by atoms with Crippen LogP contribution in [-0.2, 0) is 0 Å². The molecule has 2 heterocycles. The Kier molecular flexibility index (Phi) is 1.67. The summed E-state index contributed by atoms with van der Waals surface area (Å²) < 4.78 is 5.80. The van der Waals surface area contributed by atoms with Crippen LogP contribution in [0.2, 0.25) is 0 Å². The Hall–Kier alpha value is -2.62. The second-order valence-corrected chi connectivity index (χ2v) is 4.20. The number of furan rings is 1. The molecule has 0 saturated carbocycles. The molecule has 0 bridgehead atoms. The molecule has 0 saturated heterocycles. The standard InChI is InChI=1S/C14H9N3O/c15-14-16-7-8-5-6-11-12(13(8)17-14)9-3-1-2-4-10(9)18-11/h1-7H,(H2,15,16,17). The number of para-hydroxylation sites is 1. The van der Waals surface area contributed by atoms with Crippen molar-refractivity contribution in [3.8, 4) is 0 Å². The van der Waals surface area contributed by atoms with E-state index in [1.807, 2.05) is 36.4 Å². The molecule has 0 unspecified atom stereocenters. The fraction of sp³-hybridized carbons (Fsp3) is 0. The molecule has 2 N–H and O–H groups in total. The van der Waals surface area contributed by atoms with Crippen LogP contribution in [0.25, 0.3) is 32.8 Å². The molecule has 0 aliphatic heterocycles. The van der Waals surface area contributed by atoms with Gasteiger partial charge in [0.05, 0.1) is 10.9 Å². The van der Waals surface area contributed by atoms with Gasteiger partial charge in [-0.15, -0.1) is 0 Å². The van der Waals surface area contributed by atoms with Crippen LogP contribution in [0.4, 0.5) is 5.95 Å². The largest absolute Gasteiger partial charge is 0.456 e. The maximum absolute atomic E-state index is 5.80. The topological polar surface area (TPSA) is 64.9 Å². The molecule has 0 amide bonds. The Balaban J connectivity index is 2.35. The van der Waals surface area contributed by atoms with Crippen molar-refractivity contribution in [3.05, 3.63) is 42.6 Å². The second-order valence-electron chi connectivity index (χ2n) is 4.20. The Morgan fingerprint density at radius 3 is 2.83 bits per heavy atom. The number of nitrogens with zero attached hydrogens (tertiary/aromatic N) is 2. The third-order valence-electron chi connectivity index (χ3n) is 3.11. The van der Waals surface area contributed by atoms with Crippen molar-refractivity contribution in [1.82, 2.24) is 9.97 Å². The Morgan fingerprint density at radius 1 is 1.00 bits per heavy atom. The molecule has 0 radical (unpaired) electrons. The first-order valence-corrected chi connectivity index (χ1v) is 5.65. The summed E-state index contributed by atoms with van der Waals surface area (Å²) in [4.78, 5) is 8.35. The van der Waals surface area contributed by atoms with Crippen LogP contribution in [0.3, 0.4) is 0 Å². The lowest BCUT2D eigenvalue weighted by atomic mass is 10.1. The predicted molar refractivity (Wildman–Crippen MR) is 71.2 cm³/mol. The van der Waals surface area contributed by atoms with Crippen LogP contribution >= 0.6 is 0 Å². The monoisotopic (exact) mass is 235 g/mol. The number of anilines is 1. The van der Waals surface area contributed by atoms with E-state index in [1.54, 1.807) is 6.20 Å². The van der Waals surface area contributed by atoms with Gasteiger partial charge in [0.2, 0.25) is 5.95 Å². The average molecular weight is 235 g/mol. The summed E-state index contributed by atoms with van der Waals surface area (Å²) in [6, 6.07) is 11.8. The lowest BCUT2D eigenvalue weighted by Gasteiger charge is -1.99. The van der Waals surface area contributed by atoms with E-state index in [9.17, 15) is 0 Å². The summed E-state index contributed by atoms with van der Waals surface area (Å²) in [6.07, 6.45) is 1.74. The highest BCUT2D eigenvalue weighted by Crippen LogP contribution is 2.33. The molecule has 86 valence electrons. The van der Waals surface area contributed by atoms with Gasteiger partial charge in [0.25, 0.3) is 0 Å². The molecule has 4 aromatic rings. The Bertz CT molecular complexity index is 895. The average Bonchev–Trinajstić information content (AvgIpc) is 2.77. The summed E-state index contributed by atoms with van der Waals surface area (Å²) in [5.74, 6) is 0.278. The number of rotatable bonds is 0. The summed E-state index contributed by atoms with van der Waals surface area (Å²) in [5, 5.41) is 3.01. The third kappa shape index (κ3) is 1.14. The number of hydrogen-bond acceptors (Lipinski definition) is 4. The van der Waals surface area contributed by atoms with Gasteiger partial charge in [-0.3, -0.25) is 0 Å². The number of nitrogen functional groups attached to an aromatic ring is 1. The molecule has 0 aliphatic carbocycles. The SMILES string of the molecule is Nc1ncc2ccc3oc4ccccc4c3c2n1. The maximum atomic E-state index is 5.80. The first-order chi connectivity index (χ1) is 8.83. The van der Waals surface area contributed by atoms with Crippen molar-refractivity contribution in [1.29, 1.82) is 0 Å². The number of hydrogen-bond donors (Lipinski definition) is 1. The van der Waals surface area contributed by atoms with Gasteiger partial charge in [-0.05, 0) is 18.2 Å². The molecule has 4 nitrogen and oxygen atoms in total. The van der Waals surface area contributed by atoms with Gasteiger partial charge in [-0.2, -0.15) is 0 Å². The molecule has 2 aromatic carbocycles. The van der Waals surface area contributed by atoms with Gasteiger partial charge in [0.1, 0.15) is 11.2 Å². The molecule has 4 heteroatoms. The van der Waals surface area contributed by atoms with Gasteiger partial charge in [0.15, 0.2) is 0 Å². The molecule has 0 spiro atoms. The summed E-state index contributed by atoms with van der Waals surface area (Å²) in [5.41, 5.74) is 8.19. The number of fused-ring (bicyclic) bond motifs is 5. The quantitative estimate of drug-likeness (QED) is 0.508. The van der Waals surface area contributed by atoms with Gasteiger partial charge >= 0.3 is 0 Å². The van der Waals surface area contributed by atoms with Gasteiger partial charge < -0.3 is 10.2 Å². The highest BCUT2D eigenvalue weighted by atomic mass is 16.3. The normalized spacial score (nSPS) is 11.6. The second kappa shape index (κ2) is 3.20. The molecular formula is C14H9N3O. The van der Waals surface area contributed by atoms with Crippen molar-refractivity contribution in [3.63, 3.8) is 0 Å². The highest BCUT2D eigenvalue weighted by molar-refractivity contribution is 6.17. The lowest BCUT2D eigenvalue weighted by molar-refractivity contribution is 0.669. The molecular weight excluding hydrogens is 226 g/mol. The smallest absolute Gasteiger partial charge is 0.220 e. The van der Waals surface area contributed by atoms with Crippen LogP contribution < -0.4 is 5.73 Å². The molecule has 18 heavy (non-hydrogen) atoms. The first kappa shape index (κ1) is 9.41. The summed E-state index contributed by atoms with van der Waals surface area (Å²) >= 11 is 0. The molecule has 0 fully saturated rings. The van der Waals surface area contributed by atoms with E-state index in [0.717, 1.165) is 32.8 Å². The first-order valence-electron chi connectivity index (χ1n) is 5.65. The van der Waals surface area contributed by atoms with Gasteiger partial charge in [-0.1, -0.05) is 18.2 Å². The Labute approximate surface area is 102 Å². The van der Waals surface area contributed by atoms with Gasteiger partial charge in [0, 0.05) is 17.0 Å². The van der Waals surface area contributed by atoms with Crippen LogP contribution in [-0.4, -0.2) is 9.97 Å². The molecule has 0 aliphatic rings. The van der Waals surface area contributed by atoms with E-state index in [1.165, 1.54) is 0 Å². The zero-order chi connectivity index (χ0) is 12.1. The van der Waals surface area contributed by atoms with Crippen molar-refractivity contribution in [2.75, 3.05) is 5.73 Å². The van der Waals surface area contributed by atoms with Crippen molar-refractivity contribution < 1.29 is 4.42 Å². The summed E-state index contributed by atoms with van der Waals surface area (Å²) in [6.45, 7) is 0. The molecule has 0 atom stereocenters. The fourth-order valence-corrected chi connectivity index (χ4v) is 2.32. The fourth-order valence-electron chi connectivity index (χ4n) is 2.32. The number of aromatic nitrogens is 2. The van der Waals surface area contributed by atoms with Crippen molar-refractivity contribution in [2.45, 2.75) is 0 Å². The minimum atomic E-state index is 0.278. The van der Waals surface area contributed by atoms with E-state index in [0.29, 0.717) is 0 Å². The van der Waals surface area contributed by atoms with Crippen LogP contribution in [0, 0.1) is 0 Å².